The minimum atomic E-state index is 0.266. The number of hydrogen-bond donors (Lipinski definition) is 1. The van der Waals surface area contributed by atoms with Crippen LogP contribution in [-0.4, -0.2) is 27.4 Å². The van der Waals surface area contributed by atoms with Gasteiger partial charge in [-0.25, -0.2) is 9.97 Å². The lowest BCUT2D eigenvalue weighted by Gasteiger charge is -2.02. The quantitative estimate of drug-likeness (QED) is 0.515. The van der Waals surface area contributed by atoms with Gasteiger partial charge >= 0.3 is 0 Å². The zero-order valence-electron chi connectivity index (χ0n) is 10.3. The van der Waals surface area contributed by atoms with E-state index in [2.05, 4.69) is 15.1 Å². The number of anilines is 1. The number of nitrogen functional groups attached to an aromatic ring is 1. The molecular formula is C13H8BN5O. The molecule has 0 aliphatic heterocycles. The molecule has 0 unspecified atom stereocenters. The number of nitrogens with two attached hydrogens (primary N) is 1. The first-order chi connectivity index (χ1) is 9.72. The Hall–Kier alpha value is -2.83. The lowest BCUT2D eigenvalue weighted by Crippen LogP contribution is -2.06. The highest BCUT2D eigenvalue weighted by atomic mass is 16.3. The number of furan rings is 1. The number of aromatic nitrogens is 4. The second kappa shape index (κ2) is 3.83. The van der Waals surface area contributed by atoms with Crippen molar-refractivity contribution in [1.82, 2.24) is 19.6 Å². The van der Waals surface area contributed by atoms with Crippen molar-refractivity contribution >= 4 is 35.8 Å². The summed E-state index contributed by atoms with van der Waals surface area (Å²) in [7, 11) is 5.82. The molecule has 0 aliphatic rings. The van der Waals surface area contributed by atoms with E-state index in [1.54, 1.807) is 30.5 Å². The van der Waals surface area contributed by atoms with Gasteiger partial charge in [0.2, 0.25) is 11.8 Å². The molecular weight excluding hydrogens is 253 g/mol. The van der Waals surface area contributed by atoms with Crippen LogP contribution in [0.3, 0.4) is 0 Å². The van der Waals surface area contributed by atoms with Crippen molar-refractivity contribution in [1.29, 1.82) is 0 Å². The first-order valence-corrected chi connectivity index (χ1v) is 5.98. The molecule has 0 bridgehead atoms. The van der Waals surface area contributed by atoms with Crippen LogP contribution in [0.5, 0.6) is 0 Å². The van der Waals surface area contributed by atoms with Gasteiger partial charge in [0.25, 0.3) is 0 Å². The molecule has 20 heavy (non-hydrogen) atoms. The van der Waals surface area contributed by atoms with Crippen LogP contribution in [0, 0.1) is 0 Å². The lowest BCUT2D eigenvalue weighted by atomic mass is 9.95. The van der Waals surface area contributed by atoms with Crippen molar-refractivity contribution in [2.24, 2.45) is 0 Å². The third kappa shape index (κ3) is 1.49. The van der Waals surface area contributed by atoms with Gasteiger partial charge in [-0.3, -0.25) is 0 Å². The van der Waals surface area contributed by atoms with Crippen molar-refractivity contribution in [3.8, 4) is 11.6 Å². The topological polar surface area (TPSA) is 82.2 Å². The van der Waals surface area contributed by atoms with Gasteiger partial charge in [-0.05, 0) is 18.2 Å². The third-order valence-corrected chi connectivity index (χ3v) is 3.06. The molecule has 0 atom stereocenters. The summed E-state index contributed by atoms with van der Waals surface area (Å²) in [5.41, 5.74) is 7.88. The van der Waals surface area contributed by atoms with Crippen molar-refractivity contribution in [2.45, 2.75) is 0 Å². The van der Waals surface area contributed by atoms with Crippen LogP contribution in [0.25, 0.3) is 28.1 Å². The van der Waals surface area contributed by atoms with E-state index < -0.39 is 0 Å². The molecule has 3 heterocycles. The Balaban J connectivity index is 2.12. The van der Waals surface area contributed by atoms with Crippen LogP contribution in [0.2, 0.25) is 0 Å². The fraction of sp³-hybridized carbons (Fsp3) is 0. The van der Waals surface area contributed by atoms with E-state index in [9.17, 15) is 0 Å². The molecule has 0 fully saturated rings. The molecule has 0 saturated heterocycles. The number of nitrogens with zero attached hydrogens (tertiary/aromatic N) is 4. The molecule has 0 spiro atoms. The molecule has 2 N–H and O–H groups in total. The maximum Gasteiger partial charge on any atom is 0.223 e. The maximum atomic E-state index is 5.91. The standard InChI is InChI=1S/C13H8BN5O/c14-7-3-4-9-8(6-7)12-17-11(10-2-1-5-20-10)18-19(12)13(15)16-9/h1-6H,(H2,15,16). The van der Waals surface area contributed by atoms with E-state index >= 15 is 0 Å². The molecule has 6 nitrogen and oxygen atoms in total. The third-order valence-electron chi connectivity index (χ3n) is 3.06. The fourth-order valence-corrected chi connectivity index (χ4v) is 2.16. The van der Waals surface area contributed by atoms with E-state index in [0.29, 0.717) is 22.7 Å². The Bertz CT molecular complexity index is 929. The van der Waals surface area contributed by atoms with Gasteiger partial charge in [0.15, 0.2) is 11.4 Å². The minimum Gasteiger partial charge on any atom is -0.461 e. The van der Waals surface area contributed by atoms with Crippen LogP contribution < -0.4 is 11.2 Å². The summed E-state index contributed by atoms with van der Waals surface area (Å²) in [6, 6.07) is 8.95. The van der Waals surface area contributed by atoms with Crippen LogP contribution in [-0.2, 0) is 0 Å². The molecule has 4 aromatic rings. The number of fused-ring (bicyclic) bond motifs is 3. The molecule has 94 valence electrons. The Morgan fingerprint density at radius 1 is 1.20 bits per heavy atom. The van der Waals surface area contributed by atoms with E-state index in [1.165, 1.54) is 4.52 Å². The molecule has 2 radical (unpaired) electrons. The van der Waals surface area contributed by atoms with Gasteiger partial charge in [-0.2, -0.15) is 4.52 Å². The van der Waals surface area contributed by atoms with E-state index in [-0.39, 0.29) is 5.95 Å². The summed E-state index contributed by atoms with van der Waals surface area (Å²) in [4.78, 5) is 8.76. The van der Waals surface area contributed by atoms with Gasteiger partial charge in [-0.15, -0.1) is 5.10 Å². The summed E-state index contributed by atoms with van der Waals surface area (Å²) in [6.45, 7) is 0. The predicted molar refractivity (Wildman–Crippen MR) is 75.8 cm³/mol. The normalized spacial score (nSPS) is 11.4. The molecule has 3 aromatic heterocycles. The van der Waals surface area contributed by atoms with Crippen molar-refractivity contribution in [2.75, 3.05) is 5.73 Å². The first kappa shape index (κ1) is 11.0. The monoisotopic (exact) mass is 261 g/mol. The smallest absolute Gasteiger partial charge is 0.223 e. The lowest BCUT2D eigenvalue weighted by molar-refractivity contribution is 0.577. The second-order valence-electron chi connectivity index (χ2n) is 4.39. The van der Waals surface area contributed by atoms with Crippen LogP contribution >= 0.6 is 0 Å². The zero-order chi connectivity index (χ0) is 13.7. The molecule has 7 heteroatoms. The van der Waals surface area contributed by atoms with Gasteiger partial charge in [0, 0.05) is 5.39 Å². The zero-order valence-corrected chi connectivity index (χ0v) is 10.3. The van der Waals surface area contributed by atoms with Gasteiger partial charge in [-0.1, -0.05) is 17.6 Å². The van der Waals surface area contributed by atoms with Crippen molar-refractivity contribution < 1.29 is 4.42 Å². The molecule has 0 saturated carbocycles. The highest BCUT2D eigenvalue weighted by Crippen LogP contribution is 2.22. The second-order valence-corrected chi connectivity index (χ2v) is 4.39. The number of rotatable bonds is 1. The van der Waals surface area contributed by atoms with Crippen molar-refractivity contribution in [3.05, 3.63) is 36.6 Å². The predicted octanol–water partition coefficient (Wildman–Crippen LogP) is 0.913. The van der Waals surface area contributed by atoms with Gasteiger partial charge in [0.1, 0.15) is 7.85 Å². The summed E-state index contributed by atoms with van der Waals surface area (Å²) in [5, 5.41) is 5.11. The van der Waals surface area contributed by atoms with Gasteiger partial charge < -0.3 is 10.2 Å². The molecule has 0 amide bonds. The average Bonchev–Trinajstić information content (AvgIpc) is 3.08. The SMILES string of the molecule is [B]c1ccc2nc(N)n3nc(-c4ccco4)nc3c2c1. The number of benzene rings is 1. The van der Waals surface area contributed by atoms with Crippen LogP contribution in [0.15, 0.2) is 41.0 Å². The van der Waals surface area contributed by atoms with E-state index in [4.69, 9.17) is 18.0 Å². The summed E-state index contributed by atoms with van der Waals surface area (Å²) in [5.74, 6) is 1.30. The summed E-state index contributed by atoms with van der Waals surface area (Å²) < 4.78 is 6.79. The number of hydrogen-bond acceptors (Lipinski definition) is 5. The molecule has 1 aromatic carbocycles. The van der Waals surface area contributed by atoms with Crippen molar-refractivity contribution in [3.63, 3.8) is 0 Å². The Morgan fingerprint density at radius 3 is 2.90 bits per heavy atom. The molecule has 0 aliphatic carbocycles. The van der Waals surface area contributed by atoms with E-state index in [0.717, 1.165) is 10.9 Å². The maximum absolute atomic E-state index is 5.91. The summed E-state index contributed by atoms with van der Waals surface area (Å²) >= 11 is 0. The van der Waals surface area contributed by atoms with Crippen LogP contribution in [0.1, 0.15) is 0 Å². The Morgan fingerprint density at radius 2 is 2.10 bits per heavy atom. The minimum absolute atomic E-state index is 0.266. The average molecular weight is 261 g/mol. The highest BCUT2D eigenvalue weighted by molar-refractivity contribution is 6.33. The van der Waals surface area contributed by atoms with E-state index in [1.807, 2.05) is 6.07 Å². The largest absolute Gasteiger partial charge is 0.461 e. The Kier molecular flexibility index (Phi) is 2.12. The van der Waals surface area contributed by atoms with Gasteiger partial charge in [0.05, 0.1) is 11.8 Å². The Labute approximate surface area is 114 Å². The highest BCUT2D eigenvalue weighted by Gasteiger charge is 2.14. The fourth-order valence-electron chi connectivity index (χ4n) is 2.16. The summed E-state index contributed by atoms with van der Waals surface area (Å²) in [6.07, 6.45) is 1.57. The molecule has 4 rings (SSSR count). The van der Waals surface area contributed by atoms with Crippen LogP contribution in [0.4, 0.5) is 5.95 Å². The first-order valence-electron chi connectivity index (χ1n) is 5.98.